The Hall–Kier alpha value is -2.06. The highest BCUT2D eigenvalue weighted by Crippen LogP contribution is 2.35. The number of esters is 1. The van der Waals surface area contributed by atoms with E-state index in [0.29, 0.717) is 42.4 Å². The molecule has 172 valence electrons. The van der Waals surface area contributed by atoms with E-state index in [0.717, 1.165) is 6.42 Å². The first-order chi connectivity index (χ1) is 13.8. The second-order valence-corrected chi connectivity index (χ2v) is 8.68. The fourth-order valence-corrected chi connectivity index (χ4v) is 3.38. The Kier molecular flexibility index (Phi) is 9.36. The van der Waals surface area contributed by atoms with E-state index in [1.54, 1.807) is 0 Å². The second kappa shape index (κ2) is 10.8. The molecule has 6 nitrogen and oxygen atoms in total. The smallest absolute Gasteiger partial charge is 0.423 e. The molecule has 0 aliphatic heterocycles. The number of nitrogens with zero attached hydrogens (tertiary/aromatic N) is 1. The lowest BCUT2D eigenvalue weighted by molar-refractivity contribution is -0.159. The highest BCUT2D eigenvalue weighted by atomic mass is 19.4. The van der Waals surface area contributed by atoms with E-state index >= 15 is 0 Å². The maximum absolute atomic E-state index is 12.8. The first-order valence-corrected chi connectivity index (χ1v) is 10.4. The summed E-state index contributed by atoms with van der Waals surface area (Å²) in [6.45, 7) is 10.2. The molecule has 1 aromatic heterocycles. The van der Waals surface area contributed by atoms with Gasteiger partial charge in [0.2, 0.25) is 0 Å². The maximum atomic E-state index is 12.8. The normalized spacial score (nSPS) is 14.2. The molecule has 1 rings (SSSR count). The van der Waals surface area contributed by atoms with Gasteiger partial charge < -0.3 is 9.72 Å². The van der Waals surface area contributed by atoms with Gasteiger partial charge in [-0.2, -0.15) is 13.2 Å². The number of carbonyl (C=O) groups is 1. The van der Waals surface area contributed by atoms with Gasteiger partial charge >= 0.3 is 17.8 Å². The Morgan fingerprint density at radius 3 is 2.23 bits per heavy atom. The van der Waals surface area contributed by atoms with Crippen LogP contribution in [-0.4, -0.2) is 22.1 Å². The van der Waals surface area contributed by atoms with E-state index in [4.69, 9.17) is 4.74 Å². The van der Waals surface area contributed by atoms with Crippen LogP contribution >= 0.6 is 0 Å². The molecule has 9 heteroatoms. The predicted octanol–water partition coefficient (Wildman–Crippen LogP) is 4.37. The summed E-state index contributed by atoms with van der Waals surface area (Å²) in [6, 6.07) is 0. The minimum absolute atomic E-state index is 0.0995. The molecule has 0 radical (unpaired) electrons. The van der Waals surface area contributed by atoms with Crippen LogP contribution in [0, 0.1) is 17.3 Å². The highest BCUT2D eigenvalue weighted by Gasteiger charge is 2.38. The standard InChI is InChI=1S/C21H33F3N2O4/c1-14(2)12-20(5,15(3)4)18(28)30-11-9-7-6-8-10-26-17(27)16(21(22,23)24)13-25-19(26)29/h13-15H,6-12H2,1-5H3,(H,25,29). The van der Waals surface area contributed by atoms with E-state index in [-0.39, 0.29) is 25.0 Å². The van der Waals surface area contributed by atoms with E-state index in [2.05, 4.69) is 13.8 Å². The molecule has 0 aromatic carbocycles. The maximum Gasteiger partial charge on any atom is 0.423 e. The second-order valence-electron chi connectivity index (χ2n) is 8.68. The Bertz CT molecular complexity index is 812. The molecular weight excluding hydrogens is 401 g/mol. The van der Waals surface area contributed by atoms with Crippen molar-refractivity contribution in [2.24, 2.45) is 17.3 Å². The highest BCUT2D eigenvalue weighted by molar-refractivity contribution is 5.76. The van der Waals surface area contributed by atoms with Gasteiger partial charge in [0.05, 0.1) is 12.0 Å². The zero-order valence-corrected chi connectivity index (χ0v) is 18.4. The molecule has 1 heterocycles. The van der Waals surface area contributed by atoms with Crippen LogP contribution in [0.4, 0.5) is 13.2 Å². The monoisotopic (exact) mass is 434 g/mol. The van der Waals surface area contributed by atoms with Crippen molar-refractivity contribution in [1.82, 2.24) is 9.55 Å². The van der Waals surface area contributed by atoms with Crippen molar-refractivity contribution in [3.63, 3.8) is 0 Å². The number of ether oxygens (including phenoxy) is 1. The molecule has 30 heavy (non-hydrogen) atoms. The number of aromatic nitrogens is 2. The zero-order chi connectivity index (χ0) is 23.1. The van der Waals surface area contributed by atoms with E-state index < -0.39 is 28.4 Å². The van der Waals surface area contributed by atoms with E-state index in [1.165, 1.54) is 0 Å². The number of rotatable bonds is 11. The van der Waals surface area contributed by atoms with Crippen molar-refractivity contribution in [2.75, 3.05) is 6.61 Å². The molecule has 0 amide bonds. The average Bonchev–Trinajstić information content (AvgIpc) is 2.60. The number of hydrogen-bond acceptors (Lipinski definition) is 4. The van der Waals surface area contributed by atoms with Crippen LogP contribution in [0.2, 0.25) is 0 Å². The van der Waals surface area contributed by atoms with E-state index in [1.807, 2.05) is 25.8 Å². The third kappa shape index (κ3) is 7.02. The Balaban J connectivity index is 2.47. The lowest BCUT2D eigenvalue weighted by Gasteiger charge is -2.32. The molecule has 1 aromatic rings. The molecule has 0 bridgehead atoms. The van der Waals surface area contributed by atoms with Crippen molar-refractivity contribution >= 4 is 5.97 Å². The van der Waals surface area contributed by atoms with Gasteiger partial charge in [-0.25, -0.2) is 4.79 Å². The number of hydrogen-bond donors (Lipinski definition) is 1. The largest absolute Gasteiger partial charge is 0.465 e. The number of carbonyl (C=O) groups excluding carboxylic acids is 1. The van der Waals surface area contributed by atoms with Gasteiger partial charge in [-0.1, -0.05) is 34.1 Å². The summed E-state index contributed by atoms with van der Waals surface area (Å²) in [4.78, 5) is 38.0. The minimum atomic E-state index is -4.81. The van der Waals surface area contributed by atoms with Gasteiger partial charge in [-0.3, -0.25) is 14.2 Å². The van der Waals surface area contributed by atoms with Crippen LogP contribution in [0.25, 0.3) is 0 Å². The van der Waals surface area contributed by atoms with Crippen LogP contribution in [-0.2, 0) is 22.3 Å². The zero-order valence-electron chi connectivity index (χ0n) is 18.4. The number of H-pyrrole nitrogens is 1. The quantitative estimate of drug-likeness (QED) is 0.414. The Morgan fingerprint density at radius 2 is 1.70 bits per heavy atom. The summed E-state index contributed by atoms with van der Waals surface area (Å²) < 4.78 is 44.4. The van der Waals surface area contributed by atoms with Crippen LogP contribution < -0.4 is 11.2 Å². The summed E-state index contributed by atoms with van der Waals surface area (Å²) in [5, 5.41) is 0. The molecular formula is C21H33F3N2O4. The first kappa shape index (κ1) is 26.0. The Labute approximate surface area is 174 Å². The van der Waals surface area contributed by atoms with Gasteiger partial charge in [0.15, 0.2) is 0 Å². The fraction of sp³-hybridized carbons (Fsp3) is 0.762. The van der Waals surface area contributed by atoms with Crippen LogP contribution in [0.15, 0.2) is 15.8 Å². The Morgan fingerprint density at radius 1 is 1.10 bits per heavy atom. The average molecular weight is 434 g/mol. The van der Waals surface area contributed by atoms with Crippen molar-refractivity contribution in [3.05, 3.63) is 32.6 Å². The molecule has 0 spiro atoms. The SMILES string of the molecule is CC(C)CC(C)(C(=O)OCCCCCCn1c(=O)[nH]cc(C(F)(F)F)c1=O)C(C)C. The number of alkyl halides is 3. The van der Waals surface area contributed by atoms with Crippen molar-refractivity contribution in [3.8, 4) is 0 Å². The number of nitrogens with one attached hydrogen (secondary N) is 1. The molecule has 0 saturated heterocycles. The topological polar surface area (TPSA) is 81.2 Å². The minimum Gasteiger partial charge on any atom is -0.465 e. The summed E-state index contributed by atoms with van der Waals surface area (Å²) in [6.07, 6.45) is -1.43. The van der Waals surface area contributed by atoms with Crippen LogP contribution in [0.3, 0.4) is 0 Å². The van der Waals surface area contributed by atoms with Crippen LogP contribution in [0.5, 0.6) is 0 Å². The number of aromatic amines is 1. The molecule has 1 atom stereocenters. The van der Waals surface area contributed by atoms with Gasteiger partial charge in [-0.05, 0) is 44.4 Å². The van der Waals surface area contributed by atoms with Gasteiger partial charge in [-0.15, -0.1) is 0 Å². The molecule has 0 aliphatic rings. The molecule has 0 aliphatic carbocycles. The molecule has 1 N–H and O–H groups in total. The van der Waals surface area contributed by atoms with Gasteiger partial charge in [0, 0.05) is 12.7 Å². The summed E-state index contributed by atoms with van der Waals surface area (Å²) >= 11 is 0. The summed E-state index contributed by atoms with van der Waals surface area (Å²) in [7, 11) is 0. The van der Waals surface area contributed by atoms with Crippen molar-refractivity contribution in [2.45, 2.75) is 79.4 Å². The lowest BCUT2D eigenvalue weighted by atomic mass is 9.73. The number of unbranched alkanes of at least 4 members (excludes halogenated alkanes) is 3. The summed E-state index contributed by atoms with van der Waals surface area (Å²) in [5.74, 6) is 0.303. The van der Waals surface area contributed by atoms with E-state index in [9.17, 15) is 27.6 Å². The van der Waals surface area contributed by atoms with Crippen LogP contribution in [0.1, 0.15) is 72.3 Å². The lowest BCUT2D eigenvalue weighted by Crippen LogP contribution is -2.39. The van der Waals surface area contributed by atoms with Gasteiger partial charge in [0.25, 0.3) is 5.56 Å². The van der Waals surface area contributed by atoms with Gasteiger partial charge in [0.1, 0.15) is 5.56 Å². The van der Waals surface area contributed by atoms with Crippen molar-refractivity contribution < 1.29 is 22.7 Å². The number of halogens is 3. The summed E-state index contributed by atoms with van der Waals surface area (Å²) in [5.41, 5.74) is -4.12. The van der Waals surface area contributed by atoms with Crippen molar-refractivity contribution in [1.29, 1.82) is 0 Å². The molecule has 1 unspecified atom stereocenters. The third-order valence-corrected chi connectivity index (χ3v) is 5.45. The third-order valence-electron chi connectivity index (χ3n) is 5.45. The first-order valence-electron chi connectivity index (χ1n) is 10.4. The predicted molar refractivity (Wildman–Crippen MR) is 108 cm³/mol. The molecule has 0 fully saturated rings. The molecule has 0 saturated carbocycles. The fourth-order valence-electron chi connectivity index (χ4n) is 3.38.